The van der Waals surface area contributed by atoms with Crippen molar-refractivity contribution < 1.29 is 37.4 Å². The molecule has 0 aliphatic heterocycles. The number of carbonyl (C=O) groups is 2. The van der Waals surface area contributed by atoms with Gasteiger partial charge in [0.25, 0.3) is 0 Å². The largest absolute Gasteiger partial charge is 0.500 e. The number of unbranched alkanes of at least 4 members (excludes halogenated alkanes) is 6. The summed E-state index contributed by atoms with van der Waals surface area (Å²) in [5.41, 5.74) is 1.22. The Morgan fingerprint density at radius 2 is 1.42 bits per heavy atom. The van der Waals surface area contributed by atoms with Gasteiger partial charge in [-0.1, -0.05) is 50.8 Å². The monoisotopic (exact) mass is 645 g/mol. The highest BCUT2D eigenvalue weighted by Gasteiger charge is 2.39. The summed E-state index contributed by atoms with van der Waals surface area (Å²) in [5.74, 6) is -0.0578. The lowest BCUT2D eigenvalue weighted by Crippen LogP contribution is -2.46. The Balaban J connectivity index is 1.72. The van der Waals surface area contributed by atoms with E-state index in [-0.39, 0.29) is 6.61 Å². The van der Waals surface area contributed by atoms with Gasteiger partial charge in [-0.05, 0) is 99.9 Å². The number of hydrogen-bond acceptors (Lipinski definition) is 7. The lowest BCUT2D eigenvalue weighted by Gasteiger charge is -2.28. The van der Waals surface area contributed by atoms with Crippen molar-refractivity contribution in [3.63, 3.8) is 0 Å². The van der Waals surface area contributed by atoms with Crippen LogP contribution in [0.2, 0.25) is 6.04 Å². The maximum Gasteiger partial charge on any atom is 0.500 e. The Morgan fingerprint density at radius 3 is 2.11 bits per heavy atom. The van der Waals surface area contributed by atoms with E-state index in [2.05, 4.69) is 12.2 Å². The number of hydrogen-bond donors (Lipinski definition) is 2. The Hall–Kier alpha value is -2.92. The molecule has 0 radical (unpaired) electrons. The summed E-state index contributed by atoms with van der Waals surface area (Å²) < 4.78 is 28.7. The van der Waals surface area contributed by atoms with E-state index in [9.17, 15) is 14.7 Å². The molecule has 0 saturated heterocycles. The second kappa shape index (κ2) is 22.6. The molecule has 1 amide bonds. The lowest BCUT2D eigenvalue weighted by molar-refractivity contribution is -0.132. The normalized spacial score (nSPS) is 12.0. The third-order valence-corrected chi connectivity index (χ3v) is 10.5. The second-order valence-corrected chi connectivity index (χ2v) is 13.7. The van der Waals surface area contributed by atoms with Crippen LogP contribution in [-0.4, -0.2) is 65.6 Å². The molecule has 0 saturated carbocycles. The van der Waals surface area contributed by atoms with E-state index >= 15 is 0 Å². The first-order valence-electron chi connectivity index (χ1n) is 16.8. The smallest absolute Gasteiger partial charge is 0.494 e. The molecule has 2 aromatic carbocycles. The first-order valence-corrected chi connectivity index (χ1v) is 18.7. The third-order valence-electron chi connectivity index (χ3n) is 7.31. The van der Waals surface area contributed by atoms with E-state index in [1.54, 1.807) is 6.08 Å². The minimum Gasteiger partial charge on any atom is -0.494 e. The molecule has 2 N–H and O–H groups in total. The van der Waals surface area contributed by atoms with Crippen molar-refractivity contribution in [2.45, 2.75) is 97.9 Å². The molecular weight excluding hydrogens is 590 g/mol. The Morgan fingerprint density at radius 1 is 0.778 bits per heavy atom. The molecule has 2 aromatic rings. The molecule has 0 heterocycles. The minimum absolute atomic E-state index is 0.280. The van der Waals surface area contributed by atoms with Crippen molar-refractivity contribution in [3.05, 3.63) is 47.5 Å². The third kappa shape index (κ3) is 15.3. The fourth-order valence-corrected chi connectivity index (χ4v) is 7.68. The summed E-state index contributed by atoms with van der Waals surface area (Å²) in [7, 11) is -2.72. The Bertz CT molecular complexity index is 1150. The highest BCUT2D eigenvalue weighted by molar-refractivity contribution is 6.60. The van der Waals surface area contributed by atoms with Crippen LogP contribution in [0.5, 0.6) is 5.75 Å². The van der Waals surface area contributed by atoms with E-state index in [1.807, 2.05) is 57.2 Å². The van der Waals surface area contributed by atoms with Crippen molar-refractivity contribution in [1.82, 2.24) is 5.32 Å². The van der Waals surface area contributed by atoms with Crippen molar-refractivity contribution >= 4 is 37.7 Å². The zero-order valence-corrected chi connectivity index (χ0v) is 28.9. The number of fused-ring (bicyclic) bond motifs is 1. The van der Waals surface area contributed by atoms with E-state index in [0.29, 0.717) is 63.7 Å². The van der Waals surface area contributed by atoms with E-state index in [1.165, 1.54) is 25.7 Å². The highest BCUT2D eigenvalue weighted by Crippen LogP contribution is 2.24. The summed E-state index contributed by atoms with van der Waals surface area (Å²) in [6.07, 6.45) is 10.5. The molecule has 252 valence electrons. The van der Waals surface area contributed by atoms with Crippen molar-refractivity contribution in [3.8, 4) is 5.75 Å². The zero-order valence-electron chi connectivity index (χ0n) is 27.9. The van der Waals surface area contributed by atoms with E-state index in [4.69, 9.17) is 22.8 Å². The fourth-order valence-electron chi connectivity index (χ4n) is 5.07. The number of carbonyl (C=O) groups excluding carboxylic acids is 1. The summed E-state index contributed by atoms with van der Waals surface area (Å²) in [6, 6.07) is 12.6. The summed E-state index contributed by atoms with van der Waals surface area (Å²) >= 11 is 0. The van der Waals surface area contributed by atoms with E-state index in [0.717, 1.165) is 41.5 Å². The van der Waals surface area contributed by atoms with Crippen LogP contribution >= 0.6 is 0 Å². The number of rotatable bonds is 25. The van der Waals surface area contributed by atoms with Crippen LogP contribution < -0.4 is 10.1 Å². The van der Waals surface area contributed by atoms with Crippen molar-refractivity contribution in [2.75, 3.05) is 39.6 Å². The van der Waals surface area contributed by atoms with Gasteiger partial charge in [0, 0.05) is 38.0 Å². The average Bonchev–Trinajstić information content (AvgIpc) is 3.02. The lowest BCUT2D eigenvalue weighted by atomic mass is 10.0. The highest BCUT2D eigenvalue weighted by atomic mass is 28.4. The van der Waals surface area contributed by atoms with Crippen LogP contribution in [0.1, 0.15) is 97.5 Å². The summed E-state index contributed by atoms with van der Waals surface area (Å²) in [5, 5.41) is 14.6. The van der Waals surface area contributed by atoms with Gasteiger partial charge in [-0.25, -0.2) is 9.59 Å². The number of aliphatic carboxylic acids is 1. The van der Waals surface area contributed by atoms with Crippen LogP contribution in [0.25, 0.3) is 16.8 Å². The van der Waals surface area contributed by atoms with Gasteiger partial charge < -0.3 is 33.2 Å². The summed E-state index contributed by atoms with van der Waals surface area (Å²) in [4.78, 5) is 24.0. The van der Waals surface area contributed by atoms with Gasteiger partial charge in [-0.3, -0.25) is 0 Å². The molecular formula is C35H55NO8Si. The van der Waals surface area contributed by atoms with Crippen molar-refractivity contribution in [1.29, 1.82) is 0 Å². The Kier molecular flexibility index (Phi) is 19.2. The number of carboxylic acid groups (broad SMARTS) is 1. The topological polar surface area (TPSA) is 113 Å². The first-order chi connectivity index (χ1) is 21.9. The molecule has 0 fully saturated rings. The molecule has 0 aromatic heterocycles. The molecule has 0 unspecified atom stereocenters. The maximum atomic E-state index is 12.1. The average molecular weight is 646 g/mol. The molecule has 0 aliphatic rings. The molecule has 0 spiro atoms. The predicted octanol–water partition coefficient (Wildman–Crippen LogP) is 8.38. The number of nitrogens with one attached hydrogen (secondary N) is 1. The molecule has 0 atom stereocenters. The zero-order chi connectivity index (χ0) is 32.8. The maximum absolute atomic E-state index is 12.1. The van der Waals surface area contributed by atoms with Crippen molar-refractivity contribution in [2.24, 2.45) is 0 Å². The van der Waals surface area contributed by atoms with Gasteiger partial charge in [0.15, 0.2) is 0 Å². The molecule has 9 nitrogen and oxygen atoms in total. The van der Waals surface area contributed by atoms with Gasteiger partial charge in [-0.2, -0.15) is 0 Å². The van der Waals surface area contributed by atoms with Gasteiger partial charge in [0.2, 0.25) is 0 Å². The van der Waals surface area contributed by atoms with Crippen LogP contribution in [0, 0.1) is 0 Å². The number of benzene rings is 2. The van der Waals surface area contributed by atoms with Crippen LogP contribution in [0.4, 0.5) is 4.79 Å². The van der Waals surface area contributed by atoms with Crippen LogP contribution in [-0.2, 0) is 22.8 Å². The summed E-state index contributed by atoms with van der Waals surface area (Å²) in [6.45, 7) is 11.0. The SMILES string of the molecule is CCCCCCCOc1ccc2cc(/C=C(\CCCCCOC(=O)NCCC[Si](OCC)(OCC)OCC)C(=O)O)ccc2c1. The quantitative estimate of drug-likeness (QED) is 0.0629. The standard InChI is InChI=1S/C35H55NO8Si/c1-5-9-10-11-14-23-40-33-21-20-30-26-29(18-19-31(30)28-33)27-32(34(37)38)17-13-12-15-24-41-35(39)36-22-16-25-45(42-6-2,43-7-3)44-8-4/h18-21,26-28H,5-17,22-25H2,1-4H3,(H,36,39)(H,37,38)/b32-27+. The Labute approximate surface area is 271 Å². The molecule has 0 bridgehead atoms. The number of ether oxygens (including phenoxy) is 2. The van der Waals surface area contributed by atoms with Gasteiger partial charge >= 0.3 is 20.9 Å². The molecule has 0 aliphatic carbocycles. The number of alkyl carbamates (subject to hydrolysis) is 1. The number of amides is 1. The molecule has 2 rings (SSSR count). The minimum atomic E-state index is -2.72. The van der Waals surface area contributed by atoms with Gasteiger partial charge in [-0.15, -0.1) is 0 Å². The van der Waals surface area contributed by atoms with Crippen LogP contribution in [0.15, 0.2) is 42.0 Å². The molecule has 10 heteroatoms. The predicted molar refractivity (Wildman–Crippen MR) is 182 cm³/mol. The second-order valence-electron chi connectivity index (χ2n) is 11.0. The van der Waals surface area contributed by atoms with E-state index < -0.39 is 20.9 Å². The first kappa shape index (κ1) is 38.3. The van der Waals surface area contributed by atoms with Gasteiger partial charge in [0.1, 0.15) is 5.75 Å². The number of carboxylic acids is 1. The van der Waals surface area contributed by atoms with Gasteiger partial charge in [0.05, 0.1) is 13.2 Å². The fraction of sp³-hybridized carbons (Fsp3) is 0.600. The molecule has 45 heavy (non-hydrogen) atoms. The van der Waals surface area contributed by atoms with Crippen LogP contribution in [0.3, 0.4) is 0 Å².